The van der Waals surface area contributed by atoms with Crippen molar-refractivity contribution < 1.29 is 18.3 Å². The first-order valence-electron chi connectivity index (χ1n) is 6.78. The molecular weight excluding hydrogens is 290 g/mol. The van der Waals surface area contributed by atoms with Crippen LogP contribution in [0.15, 0.2) is 23.1 Å². The van der Waals surface area contributed by atoms with E-state index in [9.17, 15) is 13.2 Å². The Bertz CT molecular complexity index is 630. The Labute approximate surface area is 126 Å². The van der Waals surface area contributed by atoms with Crippen molar-refractivity contribution in [3.63, 3.8) is 0 Å². The summed E-state index contributed by atoms with van der Waals surface area (Å²) in [5.74, 6) is -1.01. The van der Waals surface area contributed by atoms with Crippen molar-refractivity contribution in [2.75, 3.05) is 6.54 Å². The Morgan fingerprint density at radius 3 is 2.19 bits per heavy atom. The summed E-state index contributed by atoms with van der Waals surface area (Å²) in [6.45, 7) is 8.99. The molecule has 6 heteroatoms. The lowest BCUT2D eigenvalue weighted by atomic mass is 10.1. The van der Waals surface area contributed by atoms with Gasteiger partial charge in [0.1, 0.15) is 0 Å². The fourth-order valence-electron chi connectivity index (χ4n) is 2.01. The predicted molar refractivity (Wildman–Crippen MR) is 81.8 cm³/mol. The molecule has 1 aromatic rings. The third-order valence-corrected chi connectivity index (χ3v) is 5.50. The number of hydrogen-bond donors (Lipinski definition) is 1. The molecule has 0 spiro atoms. The Balaban J connectivity index is 3.26. The summed E-state index contributed by atoms with van der Waals surface area (Å²) in [6.07, 6.45) is -0.221. The van der Waals surface area contributed by atoms with E-state index in [0.29, 0.717) is 0 Å². The van der Waals surface area contributed by atoms with E-state index >= 15 is 0 Å². The molecule has 0 heterocycles. The lowest BCUT2D eigenvalue weighted by molar-refractivity contribution is -0.137. The molecule has 0 unspecified atom stereocenters. The standard InChI is InChI=1S/C15H23NO4S/c1-11-6-7-13(10-12(11)2)21(19,20)16(15(3,4)5)9-8-14(17)18/h6-7,10H,8-9H2,1-5H3,(H,17,18). The normalized spacial score (nSPS) is 12.7. The van der Waals surface area contributed by atoms with Gasteiger partial charge < -0.3 is 5.11 Å². The SMILES string of the molecule is Cc1ccc(S(=O)(=O)N(CCC(=O)O)C(C)(C)C)cc1C. The van der Waals surface area contributed by atoms with Crippen molar-refractivity contribution in [1.82, 2.24) is 4.31 Å². The number of aryl methyl sites for hydroxylation is 2. The second-order valence-corrected chi connectivity index (χ2v) is 8.00. The van der Waals surface area contributed by atoms with E-state index in [2.05, 4.69) is 0 Å². The largest absolute Gasteiger partial charge is 0.481 e. The van der Waals surface area contributed by atoms with E-state index < -0.39 is 21.5 Å². The zero-order valence-electron chi connectivity index (χ0n) is 13.2. The van der Waals surface area contributed by atoms with E-state index in [1.807, 2.05) is 13.8 Å². The number of hydrogen-bond acceptors (Lipinski definition) is 3. The molecule has 1 aromatic carbocycles. The second-order valence-electron chi connectivity index (χ2n) is 6.14. The number of benzene rings is 1. The quantitative estimate of drug-likeness (QED) is 0.906. The van der Waals surface area contributed by atoms with Gasteiger partial charge in [0, 0.05) is 12.1 Å². The van der Waals surface area contributed by atoms with Gasteiger partial charge in [-0.05, 0) is 57.9 Å². The summed E-state index contributed by atoms with van der Waals surface area (Å²) in [5, 5.41) is 8.82. The summed E-state index contributed by atoms with van der Waals surface area (Å²) in [7, 11) is -3.72. The van der Waals surface area contributed by atoms with Gasteiger partial charge in [0.25, 0.3) is 0 Å². The number of sulfonamides is 1. The van der Waals surface area contributed by atoms with Crippen molar-refractivity contribution in [2.45, 2.75) is 51.5 Å². The monoisotopic (exact) mass is 313 g/mol. The van der Waals surface area contributed by atoms with Gasteiger partial charge in [-0.1, -0.05) is 6.07 Å². The van der Waals surface area contributed by atoms with Gasteiger partial charge in [0.2, 0.25) is 10.0 Å². The number of carboxylic acids is 1. The van der Waals surface area contributed by atoms with E-state index in [4.69, 9.17) is 5.11 Å². The third kappa shape index (κ3) is 4.28. The first kappa shape index (κ1) is 17.7. The van der Waals surface area contributed by atoms with Gasteiger partial charge in [-0.25, -0.2) is 8.42 Å². The van der Waals surface area contributed by atoms with Crippen LogP contribution in [0.2, 0.25) is 0 Å². The highest BCUT2D eigenvalue weighted by Gasteiger charge is 2.34. The fourth-order valence-corrected chi connectivity index (χ4v) is 3.89. The summed E-state index contributed by atoms with van der Waals surface area (Å²) in [6, 6.07) is 4.96. The minimum Gasteiger partial charge on any atom is -0.481 e. The van der Waals surface area contributed by atoms with Gasteiger partial charge in [-0.3, -0.25) is 4.79 Å². The highest BCUT2D eigenvalue weighted by atomic mass is 32.2. The number of nitrogens with zero attached hydrogens (tertiary/aromatic N) is 1. The maximum atomic E-state index is 12.8. The minimum atomic E-state index is -3.72. The molecule has 0 aliphatic rings. The topological polar surface area (TPSA) is 74.7 Å². The molecule has 21 heavy (non-hydrogen) atoms. The molecule has 0 saturated carbocycles. The lowest BCUT2D eigenvalue weighted by Crippen LogP contribution is -2.46. The maximum Gasteiger partial charge on any atom is 0.304 e. The molecule has 0 aliphatic carbocycles. The van der Waals surface area contributed by atoms with Gasteiger partial charge in [0.15, 0.2) is 0 Å². The van der Waals surface area contributed by atoms with Crippen molar-refractivity contribution in [3.8, 4) is 0 Å². The number of carboxylic acid groups (broad SMARTS) is 1. The zero-order chi connectivity index (χ0) is 16.4. The first-order chi connectivity index (χ1) is 9.46. The third-order valence-electron chi connectivity index (χ3n) is 3.34. The molecule has 0 amide bonds. The van der Waals surface area contributed by atoms with Crippen molar-refractivity contribution in [2.24, 2.45) is 0 Å². The summed E-state index contributed by atoms with van der Waals surface area (Å²) >= 11 is 0. The van der Waals surface area contributed by atoms with Crippen molar-refractivity contribution in [3.05, 3.63) is 29.3 Å². The van der Waals surface area contributed by atoms with E-state index in [0.717, 1.165) is 11.1 Å². The molecule has 0 atom stereocenters. The molecule has 0 radical (unpaired) electrons. The van der Waals surface area contributed by atoms with Crippen LogP contribution in [-0.4, -0.2) is 35.9 Å². The van der Waals surface area contributed by atoms with Crippen LogP contribution in [0, 0.1) is 13.8 Å². The molecule has 0 fully saturated rings. The summed E-state index contributed by atoms with van der Waals surface area (Å²) in [5.41, 5.74) is 1.22. The Hall–Kier alpha value is -1.40. The molecule has 5 nitrogen and oxygen atoms in total. The second kappa shape index (κ2) is 6.15. The zero-order valence-corrected chi connectivity index (χ0v) is 14.0. The van der Waals surface area contributed by atoms with Crippen molar-refractivity contribution >= 4 is 16.0 Å². The highest BCUT2D eigenvalue weighted by molar-refractivity contribution is 7.89. The average Bonchev–Trinajstić information content (AvgIpc) is 2.30. The lowest BCUT2D eigenvalue weighted by Gasteiger charge is -2.34. The van der Waals surface area contributed by atoms with Gasteiger partial charge in [0.05, 0.1) is 11.3 Å². The molecule has 0 aliphatic heterocycles. The van der Waals surface area contributed by atoms with E-state index in [-0.39, 0.29) is 17.9 Å². The van der Waals surface area contributed by atoms with Gasteiger partial charge in [-0.2, -0.15) is 4.31 Å². The number of carbonyl (C=O) groups is 1. The Morgan fingerprint density at radius 2 is 1.76 bits per heavy atom. The van der Waals surface area contributed by atoms with Crippen LogP contribution in [0.4, 0.5) is 0 Å². The van der Waals surface area contributed by atoms with Crippen LogP contribution < -0.4 is 0 Å². The number of rotatable bonds is 5. The maximum absolute atomic E-state index is 12.8. The molecule has 118 valence electrons. The van der Waals surface area contributed by atoms with Crippen LogP contribution >= 0.6 is 0 Å². The van der Waals surface area contributed by atoms with Crippen LogP contribution in [-0.2, 0) is 14.8 Å². The Kier molecular flexibility index (Phi) is 5.17. The van der Waals surface area contributed by atoms with E-state index in [1.54, 1.807) is 39.0 Å². The van der Waals surface area contributed by atoms with E-state index in [1.165, 1.54) is 4.31 Å². The summed E-state index contributed by atoms with van der Waals surface area (Å²) < 4.78 is 26.8. The van der Waals surface area contributed by atoms with Gasteiger partial charge >= 0.3 is 5.97 Å². The van der Waals surface area contributed by atoms with Gasteiger partial charge in [-0.15, -0.1) is 0 Å². The summed E-state index contributed by atoms with van der Waals surface area (Å²) in [4.78, 5) is 11.0. The smallest absolute Gasteiger partial charge is 0.304 e. The van der Waals surface area contributed by atoms with Crippen LogP contribution in [0.3, 0.4) is 0 Å². The first-order valence-corrected chi connectivity index (χ1v) is 8.22. The predicted octanol–water partition coefficient (Wildman–Crippen LogP) is 2.57. The van der Waals surface area contributed by atoms with Crippen LogP contribution in [0.25, 0.3) is 0 Å². The van der Waals surface area contributed by atoms with Crippen molar-refractivity contribution in [1.29, 1.82) is 0 Å². The highest BCUT2D eigenvalue weighted by Crippen LogP contribution is 2.26. The molecule has 0 saturated heterocycles. The molecular formula is C15H23NO4S. The van der Waals surface area contributed by atoms with Crippen LogP contribution in [0.5, 0.6) is 0 Å². The molecule has 0 bridgehead atoms. The van der Waals surface area contributed by atoms with Crippen LogP contribution in [0.1, 0.15) is 38.3 Å². The fraction of sp³-hybridized carbons (Fsp3) is 0.533. The molecule has 1 rings (SSSR count). The molecule has 1 N–H and O–H groups in total. The number of aliphatic carboxylic acids is 1. The average molecular weight is 313 g/mol. The minimum absolute atomic E-state index is 0.0475. The molecule has 0 aromatic heterocycles. The Morgan fingerprint density at radius 1 is 1.19 bits per heavy atom.